The number of hydrogen-bond acceptors (Lipinski definition) is 4. The van der Waals surface area contributed by atoms with Gasteiger partial charge in [-0.1, -0.05) is 74.5 Å². The van der Waals surface area contributed by atoms with E-state index in [0.29, 0.717) is 17.2 Å². The van der Waals surface area contributed by atoms with Gasteiger partial charge in [0.1, 0.15) is 11.5 Å². The molecular formula is C23H24O3S. The first-order valence-electron chi connectivity index (χ1n) is 9.12. The summed E-state index contributed by atoms with van der Waals surface area (Å²) in [7, 11) is 0. The van der Waals surface area contributed by atoms with E-state index in [4.69, 9.17) is 4.42 Å². The van der Waals surface area contributed by atoms with Gasteiger partial charge in [0.05, 0.1) is 5.56 Å². The fraction of sp³-hybridized carbons (Fsp3) is 0.261. The van der Waals surface area contributed by atoms with E-state index in [1.807, 2.05) is 48.5 Å². The average molecular weight is 381 g/mol. The third kappa shape index (κ3) is 5.04. The molecule has 1 N–H and O–H groups in total. The van der Waals surface area contributed by atoms with Crippen LogP contribution in [-0.4, -0.2) is 5.11 Å². The normalized spacial score (nSPS) is 12.3. The highest BCUT2D eigenvalue weighted by Crippen LogP contribution is 2.40. The minimum Gasteiger partial charge on any atom is -0.507 e. The summed E-state index contributed by atoms with van der Waals surface area (Å²) in [5.74, 6) is 1.57. The minimum absolute atomic E-state index is 0.0105. The van der Waals surface area contributed by atoms with Gasteiger partial charge in [-0.15, -0.1) is 11.8 Å². The van der Waals surface area contributed by atoms with Crippen molar-refractivity contribution in [2.75, 3.05) is 0 Å². The summed E-state index contributed by atoms with van der Waals surface area (Å²) in [5.41, 5.74) is 1.87. The largest absolute Gasteiger partial charge is 0.507 e. The highest BCUT2D eigenvalue weighted by Gasteiger charge is 2.23. The molecule has 0 spiro atoms. The van der Waals surface area contributed by atoms with Gasteiger partial charge in [-0.3, -0.25) is 0 Å². The molecule has 0 unspecified atom stereocenters. The van der Waals surface area contributed by atoms with Crippen molar-refractivity contribution in [2.24, 2.45) is 5.92 Å². The second-order valence-electron chi connectivity index (χ2n) is 6.98. The van der Waals surface area contributed by atoms with Crippen molar-refractivity contribution in [3.8, 4) is 17.1 Å². The van der Waals surface area contributed by atoms with Gasteiger partial charge < -0.3 is 9.52 Å². The summed E-state index contributed by atoms with van der Waals surface area (Å²) in [6, 6.07) is 21.1. The Labute approximate surface area is 164 Å². The molecule has 0 bridgehead atoms. The van der Waals surface area contributed by atoms with Crippen LogP contribution >= 0.6 is 11.8 Å². The number of thioether (sulfide) groups is 1. The predicted molar refractivity (Wildman–Crippen MR) is 112 cm³/mol. The molecule has 1 atom stereocenters. The van der Waals surface area contributed by atoms with Gasteiger partial charge in [0.15, 0.2) is 0 Å². The Morgan fingerprint density at radius 3 is 2.22 bits per heavy atom. The first-order valence-corrected chi connectivity index (χ1v) is 10.2. The summed E-state index contributed by atoms with van der Waals surface area (Å²) in [6.45, 7) is 4.24. The van der Waals surface area contributed by atoms with Gasteiger partial charge in [0.25, 0.3) is 0 Å². The Morgan fingerprint density at radius 2 is 1.63 bits per heavy atom. The number of rotatable bonds is 7. The van der Waals surface area contributed by atoms with Crippen LogP contribution in [0.5, 0.6) is 5.75 Å². The van der Waals surface area contributed by atoms with Gasteiger partial charge in [-0.05, 0) is 17.9 Å². The number of aromatic hydroxyl groups is 1. The Bertz CT molecular complexity index is 917. The number of hydrogen-bond donors (Lipinski definition) is 1. The van der Waals surface area contributed by atoms with Gasteiger partial charge in [-0.25, -0.2) is 4.79 Å². The predicted octanol–water partition coefficient (Wildman–Crippen LogP) is 6.03. The zero-order valence-corrected chi connectivity index (χ0v) is 16.4. The van der Waals surface area contributed by atoms with Crippen molar-refractivity contribution in [3.05, 3.63) is 88.3 Å². The lowest BCUT2D eigenvalue weighted by molar-refractivity contribution is 0.433. The summed E-state index contributed by atoms with van der Waals surface area (Å²) < 4.78 is 5.56. The maximum atomic E-state index is 12.7. The van der Waals surface area contributed by atoms with E-state index >= 15 is 0 Å². The molecule has 0 radical (unpaired) electrons. The van der Waals surface area contributed by atoms with Crippen LogP contribution < -0.4 is 5.63 Å². The lowest BCUT2D eigenvalue weighted by atomic mass is 10.0. The van der Waals surface area contributed by atoms with E-state index in [0.717, 1.165) is 17.7 Å². The molecule has 27 heavy (non-hydrogen) atoms. The molecule has 140 valence electrons. The van der Waals surface area contributed by atoms with Crippen molar-refractivity contribution in [1.29, 1.82) is 0 Å². The van der Waals surface area contributed by atoms with Crippen LogP contribution in [0.4, 0.5) is 0 Å². The molecule has 2 aromatic carbocycles. The molecule has 3 rings (SSSR count). The van der Waals surface area contributed by atoms with E-state index in [2.05, 4.69) is 26.0 Å². The van der Waals surface area contributed by atoms with E-state index in [1.165, 1.54) is 5.56 Å². The number of benzene rings is 2. The Morgan fingerprint density at radius 1 is 1.00 bits per heavy atom. The summed E-state index contributed by atoms with van der Waals surface area (Å²) in [4.78, 5) is 12.7. The second-order valence-corrected chi connectivity index (χ2v) is 8.17. The van der Waals surface area contributed by atoms with Crippen molar-refractivity contribution >= 4 is 11.8 Å². The molecule has 1 aromatic heterocycles. The SMILES string of the molecule is CC(C)C[C@@H](SCc1ccccc1)c1c(O)cc(-c2ccccc2)oc1=O. The van der Waals surface area contributed by atoms with Crippen LogP contribution in [-0.2, 0) is 5.75 Å². The third-order valence-electron chi connectivity index (χ3n) is 4.33. The van der Waals surface area contributed by atoms with Crippen molar-refractivity contribution in [3.63, 3.8) is 0 Å². The first-order chi connectivity index (χ1) is 13.0. The lowest BCUT2D eigenvalue weighted by Crippen LogP contribution is -2.13. The third-order valence-corrected chi connectivity index (χ3v) is 5.66. The van der Waals surface area contributed by atoms with Gasteiger partial charge in [-0.2, -0.15) is 0 Å². The maximum absolute atomic E-state index is 12.7. The van der Waals surface area contributed by atoms with Crippen LogP contribution in [0.1, 0.15) is 36.6 Å². The van der Waals surface area contributed by atoms with E-state index in [1.54, 1.807) is 17.8 Å². The first kappa shape index (κ1) is 19.3. The van der Waals surface area contributed by atoms with Crippen LogP contribution in [0.3, 0.4) is 0 Å². The fourth-order valence-corrected chi connectivity index (χ4v) is 4.49. The second kappa shape index (κ2) is 8.96. The monoisotopic (exact) mass is 380 g/mol. The Kier molecular flexibility index (Phi) is 6.40. The fourth-order valence-electron chi connectivity index (χ4n) is 3.00. The van der Waals surface area contributed by atoms with E-state index in [9.17, 15) is 9.90 Å². The zero-order valence-electron chi connectivity index (χ0n) is 15.6. The van der Waals surface area contributed by atoms with Crippen LogP contribution in [0.25, 0.3) is 11.3 Å². The van der Waals surface area contributed by atoms with Crippen molar-refractivity contribution in [2.45, 2.75) is 31.3 Å². The van der Waals surface area contributed by atoms with Gasteiger partial charge in [0, 0.05) is 22.6 Å². The maximum Gasteiger partial charge on any atom is 0.344 e. The molecular weight excluding hydrogens is 356 g/mol. The summed E-state index contributed by atoms with van der Waals surface area (Å²) >= 11 is 1.67. The van der Waals surface area contributed by atoms with Crippen LogP contribution in [0.15, 0.2) is 75.9 Å². The van der Waals surface area contributed by atoms with Crippen LogP contribution in [0.2, 0.25) is 0 Å². The summed E-state index contributed by atoms with van der Waals surface area (Å²) in [6.07, 6.45) is 0.792. The highest BCUT2D eigenvalue weighted by molar-refractivity contribution is 7.98. The smallest absolute Gasteiger partial charge is 0.344 e. The van der Waals surface area contributed by atoms with Crippen molar-refractivity contribution in [1.82, 2.24) is 0 Å². The Hall–Kier alpha value is -2.46. The molecule has 0 aliphatic heterocycles. The van der Waals surface area contributed by atoms with Gasteiger partial charge in [0.2, 0.25) is 0 Å². The topological polar surface area (TPSA) is 50.4 Å². The van der Waals surface area contributed by atoms with Gasteiger partial charge >= 0.3 is 5.63 Å². The standard InChI is InChI=1S/C23H24O3S/c1-16(2)13-21(27-15-17-9-5-3-6-10-17)22-19(24)14-20(26-23(22)25)18-11-7-4-8-12-18/h3-12,14,16,21,24H,13,15H2,1-2H3/t21-/m1/s1. The average Bonchev–Trinajstić information content (AvgIpc) is 2.66. The van der Waals surface area contributed by atoms with Crippen LogP contribution in [0, 0.1) is 5.92 Å². The quantitative estimate of drug-likeness (QED) is 0.543. The van der Waals surface area contributed by atoms with Crippen molar-refractivity contribution < 1.29 is 9.52 Å². The van der Waals surface area contributed by atoms with E-state index in [-0.39, 0.29) is 11.0 Å². The molecule has 0 fully saturated rings. The molecule has 1 heterocycles. The minimum atomic E-state index is -0.458. The highest BCUT2D eigenvalue weighted by atomic mass is 32.2. The zero-order chi connectivity index (χ0) is 19.2. The molecule has 0 saturated carbocycles. The molecule has 4 heteroatoms. The molecule has 3 nitrogen and oxygen atoms in total. The molecule has 0 amide bonds. The molecule has 0 aliphatic rings. The lowest BCUT2D eigenvalue weighted by Gasteiger charge is -2.19. The van der Waals surface area contributed by atoms with E-state index < -0.39 is 5.63 Å². The summed E-state index contributed by atoms with van der Waals surface area (Å²) in [5, 5.41) is 10.5. The molecule has 0 aliphatic carbocycles. The molecule has 0 saturated heterocycles. The molecule has 3 aromatic rings. The Balaban J connectivity index is 1.90.